The maximum atomic E-state index is 12.2. The molecule has 0 spiro atoms. The van der Waals surface area contributed by atoms with Crippen molar-refractivity contribution in [1.29, 1.82) is 0 Å². The number of amides is 1. The van der Waals surface area contributed by atoms with Crippen molar-refractivity contribution < 1.29 is 9.90 Å². The average molecular weight is 265 g/mol. The lowest BCUT2D eigenvalue weighted by atomic mass is 9.90. The Morgan fingerprint density at radius 2 is 2.26 bits per heavy atom. The van der Waals surface area contributed by atoms with E-state index in [0.29, 0.717) is 30.4 Å². The Balaban J connectivity index is 2.00. The van der Waals surface area contributed by atoms with Gasteiger partial charge in [-0.15, -0.1) is 0 Å². The van der Waals surface area contributed by atoms with Crippen molar-refractivity contribution in [3.05, 3.63) is 18.0 Å². The Bertz CT molecular complexity index is 461. The van der Waals surface area contributed by atoms with Gasteiger partial charge in [0.1, 0.15) is 5.69 Å². The molecule has 106 valence electrons. The molecule has 0 unspecified atom stereocenters. The molecule has 0 bridgehead atoms. The van der Waals surface area contributed by atoms with Crippen LogP contribution in [0.2, 0.25) is 0 Å². The van der Waals surface area contributed by atoms with Crippen molar-refractivity contribution in [2.45, 2.75) is 39.2 Å². The predicted octanol–water partition coefficient (Wildman–Crippen LogP) is 1.54. The van der Waals surface area contributed by atoms with Gasteiger partial charge < -0.3 is 20.7 Å². The van der Waals surface area contributed by atoms with E-state index in [4.69, 9.17) is 10.8 Å². The van der Waals surface area contributed by atoms with Crippen LogP contribution in [-0.4, -0.2) is 28.7 Å². The third-order valence-electron chi connectivity index (χ3n) is 3.56. The van der Waals surface area contributed by atoms with E-state index in [2.05, 4.69) is 5.32 Å². The Hall–Kier alpha value is -1.49. The number of rotatable bonds is 6. The molecule has 0 atom stereocenters. The summed E-state index contributed by atoms with van der Waals surface area (Å²) in [5, 5.41) is 11.9. The van der Waals surface area contributed by atoms with Gasteiger partial charge in [0.15, 0.2) is 0 Å². The van der Waals surface area contributed by atoms with E-state index in [9.17, 15) is 4.79 Å². The lowest BCUT2D eigenvalue weighted by Crippen LogP contribution is -2.35. The molecular formula is C14H23N3O2. The van der Waals surface area contributed by atoms with Crippen LogP contribution in [0.25, 0.3) is 0 Å². The van der Waals surface area contributed by atoms with Gasteiger partial charge >= 0.3 is 0 Å². The SMILES string of the molecule is CC(C)(CCO)CNC(=O)c1cc(N)cn1C1CC1. The van der Waals surface area contributed by atoms with Crippen molar-refractivity contribution in [2.24, 2.45) is 5.41 Å². The van der Waals surface area contributed by atoms with Gasteiger partial charge in [-0.1, -0.05) is 13.8 Å². The number of nitrogens with one attached hydrogen (secondary N) is 1. The Kier molecular flexibility index (Phi) is 3.85. The summed E-state index contributed by atoms with van der Waals surface area (Å²) >= 11 is 0. The number of hydrogen-bond donors (Lipinski definition) is 3. The summed E-state index contributed by atoms with van der Waals surface area (Å²) in [5.74, 6) is -0.0883. The first-order chi connectivity index (χ1) is 8.93. The van der Waals surface area contributed by atoms with Crippen LogP contribution in [0.15, 0.2) is 12.3 Å². The van der Waals surface area contributed by atoms with Gasteiger partial charge in [-0.3, -0.25) is 4.79 Å². The highest BCUT2D eigenvalue weighted by molar-refractivity contribution is 5.93. The number of anilines is 1. The molecule has 1 aromatic rings. The number of carbonyl (C=O) groups excluding carboxylic acids is 1. The number of nitrogens with two attached hydrogens (primary N) is 1. The van der Waals surface area contributed by atoms with Crippen molar-refractivity contribution in [2.75, 3.05) is 18.9 Å². The lowest BCUT2D eigenvalue weighted by Gasteiger charge is -2.24. The Morgan fingerprint density at radius 1 is 1.58 bits per heavy atom. The fourth-order valence-corrected chi connectivity index (χ4v) is 2.14. The standard InChI is InChI=1S/C14H23N3O2/c1-14(2,5-6-18)9-16-13(19)12-7-10(15)8-17(12)11-3-4-11/h7-8,11,18H,3-6,9,15H2,1-2H3,(H,16,19). The van der Waals surface area contributed by atoms with Crippen LogP contribution < -0.4 is 11.1 Å². The van der Waals surface area contributed by atoms with E-state index in [0.717, 1.165) is 12.8 Å². The summed E-state index contributed by atoms with van der Waals surface area (Å²) in [7, 11) is 0. The molecule has 0 aromatic carbocycles. The number of carbonyl (C=O) groups is 1. The number of nitrogens with zero attached hydrogens (tertiary/aromatic N) is 1. The summed E-state index contributed by atoms with van der Waals surface area (Å²) in [6.07, 6.45) is 4.74. The van der Waals surface area contributed by atoms with E-state index in [1.807, 2.05) is 24.6 Å². The Labute approximate surface area is 113 Å². The summed E-state index contributed by atoms with van der Waals surface area (Å²) in [6.45, 7) is 4.73. The van der Waals surface area contributed by atoms with Gasteiger partial charge in [0, 0.05) is 25.4 Å². The molecule has 5 nitrogen and oxygen atoms in total. The molecule has 1 aliphatic rings. The fourth-order valence-electron chi connectivity index (χ4n) is 2.14. The molecule has 1 amide bonds. The van der Waals surface area contributed by atoms with Crippen LogP contribution in [-0.2, 0) is 0 Å². The molecule has 0 radical (unpaired) electrons. The van der Waals surface area contributed by atoms with Gasteiger partial charge in [0.05, 0.1) is 5.69 Å². The molecule has 1 aliphatic carbocycles. The van der Waals surface area contributed by atoms with E-state index in [-0.39, 0.29) is 17.9 Å². The van der Waals surface area contributed by atoms with Crippen LogP contribution >= 0.6 is 0 Å². The highest BCUT2D eigenvalue weighted by Gasteiger charge is 2.28. The molecule has 19 heavy (non-hydrogen) atoms. The predicted molar refractivity (Wildman–Crippen MR) is 74.9 cm³/mol. The number of hydrogen-bond acceptors (Lipinski definition) is 3. The molecule has 1 saturated carbocycles. The maximum Gasteiger partial charge on any atom is 0.268 e. The van der Waals surface area contributed by atoms with Crippen LogP contribution in [0.3, 0.4) is 0 Å². The van der Waals surface area contributed by atoms with Crippen LogP contribution in [0.4, 0.5) is 5.69 Å². The first-order valence-corrected chi connectivity index (χ1v) is 6.79. The normalized spacial score (nSPS) is 15.5. The van der Waals surface area contributed by atoms with Crippen LogP contribution in [0.1, 0.15) is 49.6 Å². The zero-order chi connectivity index (χ0) is 14.0. The van der Waals surface area contributed by atoms with Crippen LogP contribution in [0.5, 0.6) is 0 Å². The lowest BCUT2D eigenvalue weighted by molar-refractivity contribution is 0.0918. The van der Waals surface area contributed by atoms with E-state index >= 15 is 0 Å². The minimum atomic E-state index is -0.104. The van der Waals surface area contributed by atoms with Gasteiger partial charge in [0.2, 0.25) is 0 Å². The van der Waals surface area contributed by atoms with Crippen LogP contribution in [0, 0.1) is 5.41 Å². The minimum absolute atomic E-state index is 0.0883. The fraction of sp³-hybridized carbons (Fsp3) is 0.643. The molecule has 1 fully saturated rings. The van der Waals surface area contributed by atoms with E-state index in [1.54, 1.807) is 6.07 Å². The summed E-state index contributed by atoms with van der Waals surface area (Å²) in [6, 6.07) is 2.16. The van der Waals surface area contributed by atoms with Crippen molar-refractivity contribution in [3.63, 3.8) is 0 Å². The smallest absolute Gasteiger partial charge is 0.268 e. The summed E-state index contributed by atoms with van der Waals surface area (Å²) in [5.41, 5.74) is 6.94. The number of aromatic nitrogens is 1. The van der Waals surface area contributed by atoms with Gasteiger partial charge in [-0.2, -0.15) is 0 Å². The molecule has 2 rings (SSSR count). The van der Waals surface area contributed by atoms with E-state index in [1.165, 1.54) is 0 Å². The van der Waals surface area contributed by atoms with Gasteiger partial charge in [0.25, 0.3) is 5.91 Å². The van der Waals surface area contributed by atoms with Crippen molar-refractivity contribution >= 4 is 11.6 Å². The quantitative estimate of drug-likeness (QED) is 0.730. The third-order valence-corrected chi connectivity index (χ3v) is 3.56. The Morgan fingerprint density at radius 3 is 2.84 bits per heavy atom. The maximum absolute atomic E-state index is 12.2. The first-order valence-electron chi connectivity index (χ1n) is 6.79. The van der Waals surface area contributed by atoms with Crippen molar-refractivity contribution in [3.8, 4) is 0 Å². The second-order valence-electron chi connectivity index (χ2n) is 6.12. The monoisotopic (exact) mass is 265 g/mol. The third kappa shape index (κ3) is 3.50. The molecule has 1 aromatic heterocycles. The average Bonchev–Trinajstić information content (AvgIpc) is 3.09. The molecule has 4 N–H and O–H groups in total. The second-order valence-corrected chi connectivity index (χ2v) is 6.12. The molecular weight excluding hydrogens is 242 g/mol. The molecule has 0 aliphatic heterocycles. The zero-order valence-electron chi connectivity index (χ0n) is 11.6. The highest BCUT2D eigenvalue weighted by Crippen LogP contribution is 2.37. The topological polar surface area (TPSA) is 80.3 Å². The summed E-state index contributed by atoms with van der Waals surface area (Å²) < 4.78 is 1.98. The van der Waals surface area contributed by atoms with E-state index < -0.39 is 0 Å². The largest absolute Gasteiger partial charge is 0.397 e. The minimum Gasteiger partial charge on any atom is -0.397 e. The number of nitrogen functional groups attached to an aromatic ring is 1. The molecule has 5 heteroatoms. The first kappa shape index (κ1) is 13.9. The number of aliphatic hydroxyl groups excluding tert-OH is 1. The highest BCUT2D eigenvalue weighted by atomic mass is 16.3. The molecule has 1 heterocycles. The van der Waals surface area contributed by atoms with Gasteiger partial charge in [-0.25, -0.2) is 0 Å². The molecule has 0 saturated heterocycles. The number of aliphatic hydroxyl groups is 1. The van der Waals surface area contributed by atoms with Crippen molar-refractivity contribution in [1.82, 2.24) is 9.88 Å². The summed E-state index contributed by atoms with van der Waals surface area (Å²) in [4.78, 5) is 12.2. The zero-order valence-corrected chi connectivity index (χ0v) is 11.6. The second kappa shape index (κ2) is 5.25. The van der Waals surface area contributed by atoms with Gasteiger partial charge in [-0.05, 0) is 30.7 Å².